The summed E-state index contributed by atoms with van der Waals surface area (Å²) in [6.07, 6.45) is 78.5. The zero-order valence-corrected chi connectivity index (χ0v) is 48.2. The van der Waals surface area contributed by atoms with Crippen LogP contribution >= 0.6 is 0 Å². The van der Waals surface area contributed by atoms with Crippen molar-refractivity contribution in [2.24, 2.45) is 0 Å². The van der Waals surface area contributed by atoms with Crippen LogP contribution in [-0.4, -0.2) is 47.4 Å². The lowest BCUT2D eigenvalue weighted by Crippen LogP contribution is -2.45. The van der Waals surface area contributed by atoms with Crippen molar-refractivity contribution in [3.63, 3.8) is 0 Å². The second-order valence-corrected chi connectivity index (χ2v) is 21.7. The molecule has 0 radical (unpaired) electrons. The van der Waals surface area contributed by atoms with Crippen LogP contribution in [0.5, 0.6) is 0 Å². The van der Waals surface area contributed by atoms with Crippen LogP contribution in [0.1, 0.15) is 335 Å². The van der Waals surface area contributed by atoms with Gasteiger partial charge in [-0.3, -0.25) is 9.59 Å². The lowest BCUT2D eigenvalue weighted by atomic mass is 10.0. The molecule has 0 aliphatic rings. The standard InChI is InChI=1S/C66H123NO5/c1-3-5-7-9-11-13-15-34-38-42-46-50-54-58-64(69)63(62-68)67-65(70)59-55-51-47-43-39-36-32-30-28-26-24-22-20-18-17-19-21-23-25-27-29-31-33-37-41-45-49-53-57-61-72-66(71)60-56-52-48-44-40-35-16-14-12-10-8-6-4-2/h8,10,14,16-17,19,23,25,63-64,68-69H,3-7,9,11-13,15,18,20-22,24,26-62H2,1-2H3,(H,67,70)/b10-8-,16-14-,19-17-,25-23-. The molecule has 0 heterocycles. The first-order valence-corrected chi connectivity index (χ1v) is 31.9. The van der Waals surface area contributed by atoms with Gasteiger partial charge in [-0.25, -0.2) is 0 Å². The Balaban J connectivity index is 3.41. The van der Waals surface area contributed by atoms with Crippen molar-refractivity contribution in [1.29, 1.82) is 0 Å². The van der Waals surface area contributed by atoms with Crippen LogP contribution in [-0.2, 0) is 14.3 Å². The highest BCUT2D eigenvalue weighted by Gasteiger charge is 2.20. The molecule has 0 saturated heterocycles. The quantitative estimate of drug-likeness (QED) is 0.0320. The van der Waals surface area contributed by atoms with Crippen LogP contribution in [0.3, 0.4) is 0 Å². The normalized spacial score (nSPS) is 12.9. The Kier molecular flexibility index (Phi) is 59.5. The maximum absolute atomic E-state index is 12.5. The Bertz CT molecular complexity index is 1210. The molecule has 2 atom stereocenters. The van der Waals surface area contributed by atoms with Crippen molar-refractivity contribution < 1.29 is 24.5 Å². The van der Waals surface area contributed by atoms with E-state index in [0.29, 0.717) is 25.9 Å². The molecule has 0 aliphatic heterocycles. The predicted molar refractivity (Wildman–Crippen MR) is 315 cm³/mol. The average Bonchev–Trinajstić information content (AvgIpc) is 3.38. The lowest BCUT2D eigenvalue weighted by molar-refractivity contribution is -0.143. The van der Waals surface area contributed by atoms with Gasteiger partial charge < -0.3 is 20.3 Å². The summed E-state index contributed by atoms with van der Waals surface area (Å²) in [5, 5.41) is 23.3. The molecule has 0 fully saturated rings. The summed E-state index contributed by atoms with van der Waals surface area (Å²) in [6.45, 7) is 4.89. The van der Waals surface area contributed by atoms with Crippen molar-refractivity contribution in [2.75, 3.05) is 13.2 Å². The number of carbonyl (C=O) groups excluding carboxylic acids is 2. The number of nitrogens with one attached hydrogen (secondary N) is 1. The maximum Gasteiger partial charge on any atom is 0.305 e. The molecule has 422 valence electrons. The fourth-order valence-corrected chi connectivity index (χ4v) is 9.71. The van der Waals surface area contributed by atoms with Gasteiger partial charge in [0.05, 0.1) is 25.4 Å². The zero-order chi connectivity index (χ0) is 52.2. The molecule has 0 spiro atoms. The summed E-state index contributed by atoms with van der Waals surface area (Å²) in [5.41, 5.74) is 0. The van der Waals surface area contributed by atoms with Crippen LogP contribution in [0.4, 0.5) is 0 Å². The number of aliphatic hydroxyl groups is 2. The van der Waals surface area contributed by atoms with Gasteiger partial charge in [0, 0.05) is 12.8 Å². The molecule has 6 heteroatoms. The fourth-order valence-electron chi connectivity index (χ4n) is 9.71. The molecule has 2 unspecified atom stereocenters. The number of aliphatic hydroxyl groups excluding tert-OH is 2. The minimum atomic E-state index is -0.665. The van der Waals surface area contributed by atoms with Crippen molar-refractivity contribution in [3.8, 4) is 0 Å². The second-order valence-electron chi connectivity index (χ2n) is 21.7. The smallest absolute Gasteiger partial charge is 0.305 e. The van der Waals surface area contributed by atoms with E-state index in [1.165, 1.54) is 244 Å². The molecule has 0 aromatic carbocycles. The Morgan fingerprint density at radius 2 is 0.722 bits per heavy atom. The number of hydrogen-bond acceptors (Lipinski definition) is 5. The topological polar surface area (TPSA) is 95.9 Å². The molecule has 0 saturated carbocycles. The van der Waals surface area contributed by atoms with E-state index in [4.69, 9.17) is 4.74 Å². The van der Waals surface area contributed by atoms with Crippen molar-refractivity contribution >= 4 is 11.9 Å². The molecule has 0 aliphatic carbocycles. The minimum absolute atomic E-state index is 0.00369. The number of amides is 1. The summed E-state index contributed by atoms with van der Waals surface area (Å²) in [4.78, 5) is 24.5. The van der Waals surface area contributed by atoms with Gasteiger partial charge in [-0.1, -0.05) is 287 Å². The number of hydrogen-bond donors (Lipinski definition) is 3. The third-order valence-electron chi connectivity index (χ3n) is 14.6. The maximum atomic E-state index is 12.5. The van der Waals surface area contributed by atoms with Crippen molar-refractivity contribution in [3.05, 3.63) is 48.6 Å². The van der Waals surface area contributed by atoms with E-state index in [1.807, 2.05) is 0 Å². The number of allylic oxidation sites excluding steroid dienone is 8. The first-order chi connectivity index (χ1) is 35.5. The van der Waals surface area contributed by atoms with Gasteiger partial charge in [0.25, 0.3) is 0 Å². The monoisotopic (exact) mass is 1010 g/mol. The number of rotatable bonds is 59. The Labute approximate surface area is 448 Å². The molecule has 0 aromatic heterocycles. The molecule has 72 heavy (non-hydrogen) atoms. The second kappa shape index (κ2) is 61.4. The van der Waals surface area contributed by atoms with E-state index in [-0.39, 0.29) is 18.5 Å². The SMILES string of the molecule is CCC/C=C\C/C=C\CCCCCCCC(=O)OCCCCCCCCCCC/C=C\C/C=C\CCCCCCCCCCCCCCCC(=O)NC(CO)C(O)CCCCCCCCCCCCCCC. The Morgan fingerprint density at radius 1 is 0.389 bits per heavy atom. The number of esters is 1. The van der Waals surface area contributed by atoms with E-state index in [1.54, 1.807) is 0 Å². The molecule has 0 bridgehead atoms. The largest absolute Gasteiger partial charge is 0.466 e. The molecule has 0 rings (SSSR count). The van der Waals surface area contributed by atoms with Gasteiger partial charge in [-0.05, 0) is 83.5 Å². The van der Waals surface area contributed by atoms with Gasteiger partial charge in [-0.15, -0.1) is 0 Å². The third kappa shape index (κ3) is 57.1. The first-order valence-electron chi connectivity index (χ1n) is 31.9. The molecule has 0 aromatic rings. The Hall–Kier alpha value is -2.18. The van der Waals surface area contributed by atoms with Crippen LogP contribution < -0.4 is 5.32 Å². The molecular weight excluding hydrogens is 887 g/mol. The lowest BCUT2D eigenvalue weighted by Gasteiger charge is -2.22. The number of ether oxygens (including phenoxy) is 1. The van der Waals surface area contributed by atoms with E-state index in [9.17, 15) is 19.8 Å². The van der Waals surface area contributed by atoms with E-state index in [2.05, 4.69) is 67.8 Å². The summed E-state index contributed by atoms with van der Waals surface area (Å²) < 4.78 is 5.46. The van der Waals surface area contributed by atoms with Gasteiger partial charge in [0.1, 0.15) is 0 Å². The number of unbranched alkanes of at least 4 members (excludes halogenated alkanes) is 40. The van der Waals surface area contributed by atoms with Crippen LogP contribution in [0, 0.1) is 0 Å². The van der Waals surface area contributed by atoms with Gasteiger partial charge in [0.15, 0.2) is 0 Å². The van der Waals surface area contributed by atoms with Crippen LogP contribution in [0.2, 0.25) is 0 Å². The van der Waals surface area contributed by atoms with Crippen molar-refractivity contribution in [1.82, 2.24) is 5.32 Å². The molecule has 1 amide bonds. The number of carbonyl (C=O) groups is 2. The van der Waals surface area contributed by atoms with Crippen molar-refractivity contribution in [2.45, 2.75) is 347 Å². The summed E-state index contributed by atoms with van der Waals surface area (Å²) in [7, 11) is 0. The highest BCUT2D eigenvalue weighted by molar-refractivity contribution is 5.76. The van der Waals surface area contributed by atoms with Crippen LogP contribution in [0.25, 0.3) is 0 Å². The summed E-state index contributed by atoms with van der Waals surface area (Å²) >= 11 is 0. The van der Waals surface area contributed by atoms with Gasteiger partial charge in [-0.2, -0.15) is 0 Å². The Morgan fingerprint density at radius 3 is 1.11 bits per heavy atom. The predicted octanol–water partition coefficient (Wildman–Crippen LogP) is 20.1. The van der Waals surface area contributed by atoms with Gasteiger partial charge >= 0.3 is 5.97 Å². The van der Waals surface area contributed by atoms with E-state index < -0.39 is 12.1 Å². The average molecular weight is 1010 g/mol. The highest BCUT2D eigenvalue weighted by atomic mass is 16.5. The van der Waals surface area contributed by atoms with Crippen LogP contribution in [0.15, 0.2) is 48.6 Å². The zero-order valence-electron chi connectivity index (χ0n) is 48.2. The van der Waals surface area contributed by atoms with E-state index >= 15 is 0 Å². The minimum Gasteiger partial charge on any atom is -0.466 e. The molecule has 6 nitrogen and oxygen atoms in total. The molecule has 3 N–H and O–H groups in total. The summed E-state index contributed by atoms with van der Waals surface area (Å²) in [5.74, 6) is -0.0392. The first kappa shape index (κ1) is 69.8. The van der Waals surface area contributed by atoms with Gasteiger partial charge in [0.2, 0.25) is 5.91 Å². The summed E-state index contributed by atoms with van der Waals surface area (Å²) in [6, 6.07) is -0.542. The highest BCUT2D eigenvalue weighted by Crippen LogP contribution is 2.17. The molecular formula is C66H123NO5. The third-order valence-corrected chi connectivity index (χ3v) is 14.6. The fraction of sp³-hybridized carbons (Fsp3) is 0.848. The van der Waals surface area contributed by atoms with E-state index in [0.717, 1.165) is 57.8 Å².